The van der Waals surface area contributed by atoms with Crippen LogP contribution < -0.4 is 10.6 Å². The lowest BCUT2D eigenvalue weighted by Gasteiger charge is -2.17. The Kier molecular flexibility index (Phi) is 5.68. The first-order valence-corrected chi connectivity index (χ1v) is 6.47. The van der Waals surface area contributed by atoms with E-state index < -0.39 is 0 Å². The van der Waals surface area contributed by atoms with Crippen molar-refractivity contribution in [3.8, 4) is 0 Å². The van der Waals surface area contributed by atoms with Gasteiger partial charge in [-0.05, 0) is 26.2 Å². The molecule has 0 saturated heterocycles. The molecular formula is C13H23N3O2. The summed E-state index contributed by atoms with van der Waals surface area (Å²) in [5, 5.41) is 9.49. The quantitative estimate of drug-likeness (QED) is 0.819. The first-order chi connectivity index (χ1) is 8.51. The Balaban J connectivity index is 2.25. The SMILES string of the molecule is CC[C@@H](C)C[C@@H](C)NC(=O)NCc1cc(C)on1. The Labute approximate surface area is 108 Å². The van der Waals surface area contributed by atoms with Gasteiger partial charge >= 0.3 is 6.03 Å². The average Bonchev–Trinajstić information content (AvgIpc) is 2.72. The minimum Gasteiger partial charge on any atom is -0.361 e. The summed E-state index contributed by atoms with van der Waals surface area (Å²) in [6.45, 7) is 8.58. The Hall–Kier alpha value is -1.52. The van der Waals surface area contributed by atoms with Gasteiger partial charge in [0, 0.05) is 12.1 Å². The number of hydrogen-bond donors (Lipinski definition) is 2. The molecule has 2 amide bonds. The van der Waals surface area contributed by atoms with Gasteiger partial charge in [-0.15, -0.1) is 0 Å². The molecule has 2 N–H and O–H groups in total. The summed E-state index contributed by atoms with van der Waals surface area (Å²) in [5.74, 6) is 1.37. The van der Waals surface area contributed by atoms with E-state index in [2.05, 4.69) is 29.6 Å². The predicted octanol–water partition coefficient (Wildman–Crippen LogP) is 2.61. The van der Waals surface area contributed by atoms with Gasteiger partial charge in [-0.25, -0.2) is 4.79 Å². The smallest absolute Gasteiger partial charge is 0.315 e. The monoisotopic (exact) mass is 253 g/mol. The van der Waals surface area contributed by atoms with Gasteiger partial charge in [0.05, 0.1) is 6.54 Å². The zero-order valence-electron chi connectivity index (χ0n) is 11.6. The number of aromatic nitrogens is 1. The Morgan fingerprint density at radius 1 is 1.50 bits per heavy atom. The van der Waals surface area contributed by atoms with Crippen LogP contribution >= 0.6 is 0 Å². The number of nitrogens with one attached hydrogen (secondary N) is 2. The standard InChI is InChI=1S/C13H23N3O2/c1-5-9(2)6-10(3)15-13(17)14-8-12-7-11(4)18-16-12/h7,9-10H,5-6,8H2,1-4H3,(H2,14,15,17)/t9-,10-/m1/s1. The van der Waals surface area contributed by atoms with Crippen LogP contribution in [0.25, 0.3) is 0 Å². The molecule has 1 aromatic heterocycles. The first kappa shape index (κ1) is 14.5. The highest BCUT2D eigenvalue weighted by atomic mass is 16.5. The molecule has 18 heavy (non-hydrogen) atoms. The molecule has 102 valence electrons. The number of nitrogens with zero attached hydrogens (tertiary/aromatic N) is 1. The Bertz CT molecular complexity index is 376. The maximum absolute atomic E-state index is 11.6. The number of carbonyl (C=O) groups excluding carboxylic acids is 1. The third-order valence-electron chi connectivity index (χ3n) is 2.94. The van der Waals surface area contributed by atoms with Crippen LogP contribution in [0.15, 0.2) is 10.6 Å². The molecular weight excluding hydrogens is 230 g/mol. The fourth-order valence-corrected chi connectivity index (χ4v) is 1.78. The third kappa shape index (κ3) is 5.21. The number of aryl methyl sites for hydroxylation is 1. The van der Waals surface area contributed by atoms with E-state index in [9.17, 15) is 4.79 Å². The molecule has 5 nitrogen and oxygen atoms in total. The van der Waals surface area contributed by atoms with E-state index in [-0.39, 0.29) is 12.1 Å². The van der Waals surface area contributed by atoms with Crippen LogP contribution in [0.3, 0.4) is 0 Å². The number of rotatable bonds is 6. The molecule has 0 fully saturated rings. The Morgan fingerprint density at radius 3 is 2.78 bits per heavy atom. The maximum Gasteiger partial charge on any atom is 0.315 e. The number of carbonyl (C=O) groups is 1. The Morgan fingerprint density at radius 2 is 2.22 bits per heavy atom. The zero-order chi connectivity index (χ0) is 13.5. The molecule has 0 saturated carbocycles. The number of urea groups is 1. The number of amides is 2. The van der Waals surface area contributed by atoms with Crippen LogP contribution in [0.4, 0.5) is 4.79 Å². The lowest BCUT2D eigenvalue weighted by molar-refractivity contribution is 0.235. The summed E-state index contributed by atoms with van der Waals surface area (Å²) < 4.78 is 4.92. The van der Waals surface area contributed by atoms with E-state index in [1.807, 2.05) is 19.9 Å². The topological polar surface area (TPSA) is 67.2 Å². The van der Waals surface area contributed by atoms with Crippen LogP contribution in [0.1, 0.15) is 45.1 Å². The molecule has 0 aliphatic rings. The molecule has 0 aliphatic carbocycles. The minimum absolute atomic E-state index is 0.161. The molecule has 0 aliphatic heterocycles. The van der Waals surface area contributed by atoms with Gasteiger partial charge in [0.25, 0.3) is 0 Å². The second kappa shape index (κ2) is 7.03. The predicted molar refractivity (Wildman–Crippen MR) is 70.1 cm³/mol. The van der Waals surface area contributed by atoms with E-state index in [1.165, 1.54) is 0 Å². The molecule has 2 atom stereocenters. The van der Waals surface area contributed by atoms with Gasteiger partial charge in [0.2, 0.25) is 0 Å². The van der Waals surface area contributed by atoms with Crippen LogP contribution in [0.2, 0.25) is 0 Å². The highest BCUT2D eigenvalue weighted by Gasteiger charge is 2.10. The van der Waals surface area contributed by atoms with Crippen molar-refractivity contribution >= 4 is 6.03 Å². The normalized spacial score (nSPS) is 14.0. The largest absolute Gasteiger partial charge is 0.361 e. The first-order valence-electron chi connectivity index (χ1n) is 6.47. The zero-order valence-corrected chi connectivity index (χ0v) is 11.6. The second-order valence-electron chi connectivity index (χ2n) is 4.91. The lowest BCUT2D eigenvalue weighted by atomic mass is 10.0. The minimum atomic E-state index is -0.161. The van der Waals surface area contributed by atoms with E-state index >= 15 is 0 Å². The molecule has 5 heteroatoms. The molecule has 1 heterocycles. The summed E-state index contributed by atoms with van der Waals surface area (Å²) in [7, 11) is 0. The lowest BCUT2D eigenvalue weighted by Crippen LogP contribution is -2.41. The maximum atomic E-state index is 11.6. The van der Waals surface area contributed by atoms with Crippen LogP contribution in [-0.2, 0) is 6.54 Å². The average molecular weight is 253 g/mol. The third-order valence-corrected chi connectivity index (χ3v) is 2.94. The fraction of sp³-hybridized carbons (Fsp3) is 0.692. The van der Waals surface area contributed by atoms with Crippen molar-refractivity contribution < 1.29 is 9.32 Å². The van der Waals surface area contributed by atoms with Crippen molar-refractivity contribution in [1.82, 2.24) is 15.8 Å². The molecule has 1 rings (SSSR count). The van der Waals surface area contributed by atoms with Crippen molar-refractivity contribution in [2.45, 2.75) is 53.1 Å². The van der Waals surface area contributed by atoms with E-state index in [4.69, 9.17) is 4.52 Å². The molecule has 0 aromatic carbocycles. The molecule has 0 bridgehead atoms. The van der Waals surface area contributed by atoms with Crippen LogP contribution in [-0.4, -0.2) is 17.2 Å². The summed E-state index contributed by atoms with van der Waals surface area (Å²) >= 11 is 0. The molecule has 0 unspecified atom stereocenters. The van der Waals surface area contributed by atoms with Crippen molar-refractivity contribution in [1.29, 1.82) is 0 Å². The molecule has 0 spiro atoms. The highest BCUT2D eigenvalue weighted by Crippen LogP contribution is 2.09. The van der Waals surface area contributed by atoms with Gasteiger partial charge in [-0.2, -0.15) is 0 Å². The number of hydrogen-bond acceptors (Lipinski definition) is 3. The van der Waals surface area contributed by atoms with Gasteiger partial charge < -0.3 is 15.2 Å². The fourth-order valence-electron chi connectivity index (χ4n) is 1.78. The van der Waals surface area contributed by atoms with Crippen molar-refractivity contribution in [2.75, 3.05) is 0 Å². The van der Waals surface area contributed by atoms with Crippen molar-refractivity contribution in [3.63, 3.8) is 0 Å². The summed E-state index contributed by atoms with van der Waals surface area (Å²) in [4.78, 5) is 11.6. The summed E-state index contributed by atoms with van der Waals surface area (Å²) in [6, 6.07) is 1.83. The summed E-state index contributed by atoms with van der Waals surface area (Å²) in [5.41, 5.74) is 0.734. The van der Waals surface area contributed by atoms with E-state index in [0.29, 0.717) is 12.5 Å². The van der Waals surface area contributed by atoms with Gasteiger partial charge in [-0.1, -0.05) is 25.4 Å². The van der Waals surface area contributed by atoms with Crippen molar-refractivity contribution in [3.05, 3.63) is 17.5 Å². The van der Waals surface area contributed by atoms with Crippen LogP contribution in [0, 0.1) is 12.8 Å². The molecule has 0 radical (unpaired) electrons. The van der Waals surface area contributed by atoms with Gasteiger partial charge in [0.15, 0.2) is 0 Å². The van der Waals surface area contributed by atoms with Crippen LogP contribution in [0.5, 0.6) is 0 Å². The van der Waals surface area contributed by atoms with E-state index in [1.54, 1.807) is 0 Å². The summed E-state index contributed by atoms with van der Waals surface area (Å²) in [6.07, 6.45) is 2.12. The van der Waals surface area contributed by atoms with E-state index in [0.717, 1.165) is 24.3 Å². The highest BCUT2D eigenvalue weighted by molar-refractivity contribution is 5.74. The molecule has 1 aromatic rings. The van der Waals surface area contributed by atoms with Gasteiger partial charge in [0.1, 0.15) is 11.5 Å². The van der Waals surface area contributed by atoms with Gasteiger partial charge in [-0.3, -0.25) is 0 Å². The second-order valence-corrected chi connectivity index (χ2v) is 4.91. The van der Waals surface area contributed by atoms with Crippen molar-refractivity contribution in [2.24, 2.45) is 5.92 Å².